The van der Waals surface area contributed by atoms with Gasteiger partial charge in [0.1, 0.15) is 12.1 Å². The van der Waals surface area contributed by atoms with Crippen molar-refractivity contribution in [2.45, 2.75) is 37.8 Å². The summed E-state index contributed by atoms with van der Waals surface area (Å²) in [5.41, 5.74) is 1.59. The zero-order valence-corrected chi connectivity index (χ0v) is 25.9. The number of hydrogen-bond donors (Lipinski definition) is 2. The number of benzene rings is 2. The fourth-order valence-electron chi connectivity index (χ4n) is 6.71. The summed E-state index contributed by atoms with van der Waals surface area (Å²) >= 11 is 0. The number of hydrogen-bond acceptors (Lipinski definition) is 8. The van der Waals surface area contributed by atoms with Gasteiger partial charge in [0.05, 0.1) is 36.2 Å². The van der Waals surface area contributed by atoms with E-state index in [9.17, 15) is 28.4 Å². The van der Waals surface area contributed by atoms with Crippen LogP contribution in [0.5, 0.6) is 0 Å². The number of piperidine rings is 2. The fourth-order valence-corrected chi connectivity index (χ4v) is 6.71. The van der Waals surface area contributed by atoms with Gasteiger partial charge in [-0.25, -0.2) is 28.1 Å². The topological polar surface area (TPSA) is 127 Å². The highest BCUT2D eigenvalue weighted by Gasteiger charge is 2.43. The van der Waals surface area contributed by atoms with Crippen molar-refractivity contribution in [1.82, 2.24) is 20.4 Å². The minimum atomic E-state index is -1.39. The van der Waals surface area contributed by atoms with Crippen molar-refractivity contribution in [3.8, 4) is 6.07 Å². The molecule has 244 valence electrons. The largest absolute Gasteiger partial charge is 0.466 e. The van der Waals surface area contributed by atoms with Gasteiger partial charge >= 0.3 is 18.0 Å². The number of rotatable bonds is 8. The van der Waals surface area contributed by atoms with E-state index < -0.39 is 35.7 Å². The molecule has 0 aromatic heterocycles. The van der Waals surface area contributed by atoms with Crippen LogP contribution in [0.2, 0.25) is 0 Å². The molecule has 1 unspecified atom stereocenters. The molecule has 46 heavy (non-hydrogen) atoms. The third kappa shape index (κ3) is 6.98. The van der Waals surface area contributed by atoms with Crippen LogP contribution in [-0.2, 0) is 14.3 Å². The van der Waals surface area contributed by atoms with E-state index in [0.29, 0.717) is 11.6 Å². The van der Waals surface area contributed by atoms with Crippen molar-refractivity contribution in [3.05, 3.63) is 76.5 Å². The molecule has 13 heteroatoms. The number of nitrogens with zero attached hydrogens (tertiary/aromatic N) is 4. The third-order valence-corrected chi connectivity index (χ3v) is 8.94. The first kappa shape index (κ1) is 32.8. The number of methoxy groups -OCH3 is 2. The smallest absolute Gasteiger partial charge is 0.338 e. The van der Waals surface area contributed by atoms with Gasteiger partial charge in [-0.3, -0.25) is 4.90 Å². The van der Waals surface area contributed by atoms with Crippen molar-refractivity contribution < 1.29 is 32.6 Å². The second-order valence-electron chi connectivity index (χ2n) is 11.7. The molecule has 0 bridgehead atoms. The molecule has 11 nitrogen and oxygen atoms in total. The zero-order valence-electron chi connectivity index (χ0n) is 25.9. The van der Waals surface area contributed by atoms with Gasteiger partial charge in [-0.2, -0.15) is 5.26 Å². The average Bonchev–Trinajstić information content (AvgIpc) is 3.08. The molecule has 2 N–H and O–H groups in total. The van der Waals surface area contributed by atoms with Crippen LogP contribution in [0.25, 0.3) is 0 Å². The number of para-hydroxylation sites is 1. The van der Waals surface area contributed by atoms with Crippen molar-refractivity contribution >= 4 is 23.7 Å². The summed E-state index contributed by atoms with van der Waals surface area (Å²) in [6, 6.07) is 10.2. The standard InChI is InChI=1S/C33H38F2N6O5/c1-45-20-27-29(31(42)46-2)30(22-9-10-25(34)26(35)16-22)41(33(44)38-27)32(43)37-18-21-6-5-13-40(19-21)24-11-14-39(15-12-24)28-8-4-3-7-23(28)17-36/h3-4,7-10,16,21,24,30H,5-6,11-15,18-20H2,1-2H3,(H,37,43)(H,38,44)/t21?,30-/m0/s1. The van der Waals surface area contributed by atoms with Gasteiger partial charge < -0.3 is 25.0 Å². The molecular formula is C33H38F2N6O5. The predicted molar refractivity (Wildman–Crippen MR) is 164 cm³/mol. The maximum atomic E-state index is 14.4. The molecule has 2 aromatic rings. The molecular weight excluding hydrogens is 598 g/mol. The van der Waals surface area contributed by atoms with Crippen LogP contribution in [0.3, 0.4) is 0 Å². The third-order valence-electron chi connectivity index (χ3n) is 8.94. The summed E-state index contributed by atoms with van der Waals surface area (Å²) < 4.78 is 38.3. The number of carbonyl (C=O) groups excluding carboxylic acids is 3. The normalized spacial score (nSPS) is 21.1. The summed E-state index contributed by atoms with van der Waals surface area (Å²) in [6.45, 7) is 3.50. The van der Waals surface area contributed by atoms with E-state index in [-0.39, 0.29) is 35.9 Å². The number of carbonyl (C=O) groups is 3. The minimum absolute atomic E-state index is 0.0190. The molecule has 3 heterocycles. The Hall–Kier alpha value is -4.54. The molecule has 4 amide bonds. The zero-order chi connectivity index (χ0) is 32.8. The van der Waals surface area contributed by atoms with Crippen molar-refractivity contribution in [1.29, 1.82) is 5.26 Å². The molecule has 5 rings (SSSR count). The minimum Gasteiger partial charge on any atom is -0.466 e. The van der Waals surface area contributed by atoms with Crippen LogP contribution >= 0.6 is 0 Å². The molecule has 0 radical (unpaired) electrons. The van der Waals surface area contributed by atoms with Gasteiger partial charge in [0.2, 0.25) is 0 Å². The number of imide groups is 1. The van der Waals surface area contributed by atoms with E-state index >= 15 is 0 Å². The highest BCUT2D eigenvalue weighted by Crippen LogP contribution is 2.35. The lowest BCUT2D eigenvalue weighted by Crippen LogP contribution is -2.56. The Morgan fingerprint density at radius 3 is 2.52 bits per heavy atom. The first-order valence-electron chi connectivity index (χ1n) is 15.4. The van der Waals surface area contributed by atoms with Crippen molar-refractivity contribution in [2.24, 2.45) is 5.92 Å². The Balaban J connectivity index is 1.27. The first-order valence-corrected chi connectivity index (χ1v) is 15.4. The Labute approximate surface area is 266 Å². The van der Waals surface area contributed by atoms with Gasteiger partial charge in [-0.05, 0) is 68.0 Å². The van der Waals surface area contributed by atoms with E-state index in [0.717, 1.165) is 81.7 Å². The van der Waals surface area contributed by atoms with E-state index in [1.165, 1.54) is 13.2 Å². The lowest BCUT2D eigenvalue weighted by atomic mass is 9.93. The Morgan fingerprint density at radius 2 is 1.83 bits per heavy atom. The number of amides is 4. The highest BCUT2D eigenvalue weighted by atomic mass is 19.2. The van der Waals surface area contributed by atoms with E-state index in [4.69, 9.17) is 9.47 Å². The van der Waals surface area contributed by atoms with Gasteiger partial charge in [-0.1, -0.05) is 18.2 Å². The molecule has 2 fully saturated rings. The lowest BCUT2D eigenvalue weighted by molar-refractivity contribution is -0.137. The van der Waals surface area contributed by atoms with E-state index in [1.807, 2.05) is 24.3 Å². The van der Waals surface area contributed by atoms with Crippen LogP contribution in [-0.4, -0.2) is 87.4 Å². The van der Waals surface area contributed by atoms with E-state index in [1.54, 1.807) is 0 Å². The van der Waals surface area contributed by atoms with Gasteiger partial charge in [0.25, 0.3) is 0 Å². The predicted octanol–water partition coefficient (Wildman–Crippen LogP) is 4.07. The Morgan fingerprint density at radius 1 is 1.07 bits per heavy atom. The fraction of sp³-hybridized carbons (Fsp3) is 0.455. The highest BCUT2D eigenvalue weighted by molar-refractivity contribution is 6.01. The molecule has 2 saturated heterocycles. The second-order valence-corrected chi connectivity index (χ2v) is 11.7. The lowest BCUT2D eigenvalue weighted by Gasteiger charge is -2.43. The first-order chi connectivity index (χ1) is 22.2. The van der Waals surface area contributed by atoms with Crippen LogP contribution in [0.1, 0.15) is 42.9 Å². The molecule has 0 spiro atoms. The summed E-state index contributed by atoms with van der Waals surface area (Å²) in [5, 5.41) is 14.9. The van der Waals surface area contributed by atoms with Crippen LogP contribution in [0.15, 0.2) is 53.7 Å². The monoisotopic (exact) mass is 636 g/mol. The quantitative estimate of drug-likeness (QED) is 0.416. The molecule has 3 aliphatic heterocycles. The number of esters is 1. The van der Waals surface area contributed by atoms with Gasteiger partial charge in [-0.15, -0.1) is 0 Å². The van der Waals surface area contributed by atoms with Gasteiger partial charge in [0.15, 0.2) is 11.6 Å². The number of urea groups is 2. The number of ether oxygens (including phenoxy) is 2. The van der Waals surface area contributed by atoms with Crippen LogP contribution < -0.4 is 15.5 Å². The second kappa shape index (κ2) is 14.7. The molecule has 0 saturated carbocycles. The Kier molecular flexibility index (Phi) is 10.5. The number of anilines is 1. The van der Waals surface area contributed by atoms with Crippen molar-refractivity contribution in [3.63, 3.8) is 0 Å². The maximum Gasteiger partial charge on any atom is 0.338 e. The summed E-state index contributed by atoms with van der Waals surface area (Å²) in [7, 11) is 2.51. The Bertz CT molecular complexity index is 1540. The SMILES string of the molecule is COCC1=C(C(=O)OC)[C@H](c2ccc(F)c(F)c2)N(C(=O)NCC2CCCN(C3CCN(c4ccccc4C#N)CC3)C2)C(=O)N1. The number of likely N-dealkylation sites (tertiary alicyclic amines) is 1. The molecule has 2 atom stereocenters. The number of halogens is 2. The molecule has 2 aromatic carbocycles. The number of nitriles is 1. The summed E-state index contributed by atoms with van der Waals surface area (Å²) in [5.74, 6) is -3.04. The van der Waals surface area contributed by atoms with E-state index in [2.05, 4.69) is 26.5 Å². The average molecular weight is 637 g/mol. The maximum absolute atomic E-state index is 14.4. The number of nitrogens with one attached hydrogen (secondary N) is 2. The molecule has 0 aliphatic carbocycles. The van der Waals surface area contributed by atoms with Gasteiger partial charge in [0, 0.05) is 39.3 Å². The summed E-state index contributed by atoms with van der Waals surface area (Å²) in [6.07, 6.45) is 3.74. The van der Waals surface area contributed by atoms with Crippen LogP contribution in [0, 0.1) is 28.9 Å². The van der Waals surface area contributed by atoms with Crippen LogP contribution in [0.4, 0.5) is 24.1 Å². The molecule has 3 aliphatic rings. The van der Waals surface area contributed by atoms with Crippen molar-refractivity contribution in [2.75, 3.05) is 58.5 Å². The summed E-state index contributed by atoms with van der Waals surface area (Å²) in [4.78, 5) is 45.4.